The number of thioether (sulfide) groups is 1. The maximum atomic E-state index is 13.0. The van der Waals surface area contributed by atoms with Gasteiger partial charge in [0, 0.05) is 22.2 Å². The fourth-order valence-corrected chi connectivity index (χ4v) is 3.98. The molecule has 0 heterocycles. The van der Waals surface area contributed by atoms with Gasteiger partial charge in [-0.2, -0.15) is 0 Å². The summed E-state index contributed by atoms with van der Waals surface area (Å²) in [7, 11) is 2.99. The second-order valence-electron chi connectivity index (χ2n) is 6.92. The number of hydrogen-bond donors (Lipinski definition) is 2. The molecule has 1 atom stereocenters. The molecule has 0 aliphatic carbocycles. The summed E-state index contributed by atoms with van der Waals surface area (Å²) < 4.78 is 23.5. The normalized spacial score (nSPS) is 11.4. The predicted molar refractivity (Wildman–Crippen MR) is 129 cm³/mol. The van der Waals surface area contributed by atoms with Gasteiger partial charge in [-0.25, -0.2) is 4.39 Å². The number of methoxy groups -OCH3 is 2. The topological polar surface area (TPSA) is 76.7 Å². The molecule has 3 aromatic carbocycles. The number of benzene rings is 3. The molecule has 0 saturated carbocycles. The molecule has 0 aromatic heterocycles. The first-order chi connectivity index (χ1) is 15.8. The van der Waals surface area contributed by atoms with Crippen molar-refractivity contribution in [1.29, 1.82) is 0 Å². The number of ether oxygens (including phenoxy) is 2. The lowest BCUT2D eigenvalue weighted by Crippen LogP contribution is -2.22. The van der Waals surface area contributed by atoms with E-state index in [-0.39, 0.29) is 11.8 Å². The molecule has 172 valence electrons. The van der Waals surface area contributed by atoms with Crippen LogP contribution in [0.3, 0.4) is 0 Å². The van der Waals surface area contributed by atoms with E-state index in [1.165, 1.54) is 50.2 Å². The van der Waals surface area contributed by atoms with Crippen LogP contribution in [0.1, 0.15) is 17.3 Å². The maximum absolute atomic E-state index is 13.0. The Morgan fingerprint density at radius 2 is 1.58 bits per heavy atom. The van der Waals surface area contributed by atoms with Gasteiger partial charge in [-0.3, -0.25) is 9.59 Å². The van der Waals surface area contributed by atoms with E-state index in [9.17, 15) is 14.0 Å². The van der Waals surface area contributed by atoms with E-state index >= 15 is 0 Å². The van der Waals surface area contributed by atoms with Crippen molar-refractivity contribution in [3.63, 3.8) is 0 Å². The summed E-state index contributed by atoms with van der Waals surface area (Å²) in [4.78, 5) is 25.8. The van der Waals surface area contributed by atoms with Crippen molar-refractivity contribution < 1.29 is 23.5 Å². The molecule has 3 aromatic rings. The summed E-state index contributed by atoms with van der Waals surface area (Å²) >= 11 is 7.52. The van der Waals surface area contributed by atoms with Crippen LogP contribution in [0.4, 0.5) is 15.8 Å². The van der Waals surface area contributed by atoms with Crippen LogP contribution in [-0.4, -0.2) is 31.3 Å². The van der Waals surface area contributed by atoms with E-state index in [0.717, 1.165) is 4.90 Å². The van der Waals surface area contributed by atoms with Gasteiger partial charge in [0.25, 0.3) is 5.91 Å². The van der Waals surface area contributed by atoms with E-state index in [0.29, 0.717) is 33.5 Å². The minimum absolute atomic E-state index is 0.228. The van der Waals surface area contributed by atoms with E-state index in [1.54, 1.807) is 43.3 Å². The number of rotatable bonds is 8. The largest absolute Gasteiger partial charge is 0.495 e. The Morgan fingerprint density at radius 3 is 2.18 bits per heavy atom. The van der Waals surface area contributed by atoms with Gasteiger partial charge in [0.15, 0.2) is 0 Å². The van der Waals surface area contributed by atoms with Gasteiger partial charge in [0.1, 0.15) is 17.3 Å². The Kier molecular flexibility index (Phi) is 8.19. The van der Waals surface area contributed by atoms with E-state index in [2.05, 4.69) is 10.6 Å². The van der Waals surface area contributed by atoms with Gasteiger partial charge in [-0.15, -0.1) is 11.8 Å². The number of amides is 2. The summed E-state index contributed by atoms with van der Waals surface area (Å²) in [5.41, 5.74) is 1.39. The summed E-state index contributed by atoms with van der Waals surface area (Å²) in [5, 5.41) is 5.51. The minimum atomic E-state index is -0.421. The fraction of sp³-hybridized carbons (Fsp3) is 0.167. The highest BCUT2D eigenvalue weighted by atomic mass is 35.5. The first-order valence-electron chi connectivity index (χ1n) is 9.86. The second kappa shape index (κ2) is 11.1. The van der Waals surface area contributed by atoms with Gasteiger partial charge >= 0.3 is 0 Å². The molecule has 2 amide bonds. The maximum Gasteiger partial charge on any atom is 0.255 e. The Hall–Kier alpha value is -3.23. The number of nitrogens with one attached hydrogen (secondary N) is 2. The zero-order valence-electron chi connectivity index (χ0n) is 18.1. The van der Waals surface area contributed by atoms with E-state index < -0.39 is 11.1 Å². The number of halogens is 2. The third-order valence-corrected chi connectivity index (χ3v) is 6.04. The third kappa shape index (κ3) is 6.40. The third-order valence-electron chi connectivity index (χ3n) is 4.63. The van der Waals surface area contributed by atoms with Crippen LogP contribution in [0, 0.1) is 5.82 Å². The molecular weight excluding hydrogens is 467 g/mol. The van der Waals surface area contributed by atoms with Gasteiger partial charge in [-0.05, 0) is 61.5 Å². The van der Waals surface area contributed by atoms with E-state index in [1.807, 2.05) is 0 Å². The Balaban J connectivity index is 1.60. The van der Waals surface area contributed by atoms with Gasteiger partial charge in [-0.1, -0.05) is 11.6 Å². The first-order valence-corrected chi connectivity index (χ1v) is 11.1. The number of carbonyl (C=O) groups excluding carboxylic acids is 2. The highest BCUT2D eigenvalue weighted by molar-refractivity contribution is 8.00. The highest BCUT2D eigenvalue weighted by Gasteiger charge is 2.18. The summed E-state index contributed by atoms with van der Waals surface area (Å²) in [6.07, 6.45) is 0. The number of carbonyl (C=O) groups is 2. The average Bonchev–Trinajstić information content (AvgIpc) is 2.81. The molecule has 0 bridgehead atoms. The van der Waals surface area contributed by atoms with E-state index in [4.69, 9.17) is 21.1 Å². The zero-order valence-corrected chi connectivity index (χ0v) is 19.7. The standard InChI is InChI=1S/C24H22ClFN2O4S/c1-14(23(29)28-20-12-19(25)21(31-2)13-22(20)32-3)33-18-10-8-17(9-11-18)27-24(30)15-4-6-16(26)7-5-15/h4-14H,1-3H3,(H,27,30)(H,28,29). The molecule has 6 nitrogen and oxygen atoms in total. The Morgan fingerprint density at radius 1 is 0.939 bits per heavy atom. The molecule has 9 heteroatoms. The van der Waals surface area contributed by atoms with Crippen molar-refractivity contribution >= 4 is 46.6 Å². The van der Waals surface area contributed by atoms with Crippen LogP contribution < -0.4 is 20.1 Å². The lowest BCUT2D eigenvalue weighted by molar-refractivity contribution is -0.115. The van der Waals surface area contributed by atoms with Gasteiger partial charge in [0.2, 0.25) is 5.91 Å². The molecule has 0 spiro atoms. The molecule has 1 unspecified atom stereocenters. The zero-order chi connectivity index (χ0) is 24.0. The molecule has 2 N–H and O–H groups in total. The molecule has 3 rings (SSSR count). The van der Waals surface area contributed by atoms with Crippen LogP contribution in [0.15, 0.2) is 65.6 Å². The fourth-order valence-electron chi connectivity index (χ4n) is 2.87. The second-order valence-corrected chi connectivity index (χ2v) is 8.74. The van der Waals surface area contributed by atoms with Gasteiger partial charge < -0.3 is 20.1 Å². The van der Waals surface area contributed by atoms with Crippen molar-refractivity contribution in [1.82, 2.24) is 0 Å². The smallest absolute Gasteiger partial charge is 0.255 e. The van der Waals surface area contributed by atoms with Crippen LogP contribution >= 0.6 is 23.4 Å². The molecule has 0 radical (unpaired) electrons. The predicted octanol–water partition coefficient (Wildman–Crippen LogP) is 5.87. The van der Waals surface area contributed by atoms with Crippen molar-refractivity contribution in [2.45, 2.75) is 17.1 Å². The molecular formula is C24H22ClFN2O4S. The molecule has 0 fully saturated rings. The Labute approximate surface area is 200 Å². The monoisotopic (exact) mass is 488 g/mol. The number of anilines is 2. The van der Waals surface area contributed by atoms with Crippen LogP contribution in [-0.2, 0) is 4.79 Å². The average molecular weight is 489 g/mol. The molecule has 33 heavy (non-hydrogen) atoms. The summed E-state index contributed by atoms with van der Waals surface area (Å²) in [5.74, 6) is -0.0910. The lowest BCUT2D eigenvalue weighted by Gasteiger charge is -2.16. The van der Waals surface area contributed by atoms with Crippen LogP contribution in [0.25, 0.3) is 0 Å². The highest BCUT2D eigenvalue weighted by Crippen LogP contribution is 2.36. The van der Waals surface area contributed by atoms with Crippen molar-refractivity contribution in [3.8, 4) is 11.5 Å². The van der Waals surface area contributed by atoms with Crippen molar-refractivity contribution in [2.24, 2.45) is 0 Å². The SMILES string of the molecule is COc1cc(OC)c(NC(=O)C(C)Sc2ccc(NC(=O)c3ccc(F)cc3)cc2)cc1Cl. The van der Waals surface area contributed by atoms with Crippen LogP contribution in [0.5, 0.6) is 11.5 Å². The van der Waals surface area contributed by atoms with Gasteiger partial charge in [0.05, 0.1) is 30.2 Å². The number of hydrogen-bond acceptors (Lipinski definition) is 5. The van der Waals surface area contributed by atoms with Crippen molar-refractivity contribution in [2.75, 3.05) is 24.9 Å². The molecule has 0 aliphatic rings. The quantitative estimate of drug-likeness (QED) is 0.388. The minimum Gasteiger partial charge on any atom is -0.495 e. The molecule has 0 aliphatic heterocycles. The molecule has 0 saturated heterocycles. The first kappa shape index (κ1) is 24.4. The van der Waals surface area contributed by atoms with Crippen molar-refractivity contribution in [3.05, 3.63) is 77.1 Å². The lowest BCUT2D eigenvalue weighted by atomic mass is 10.2. The summed E-state index contributed by atoms with van der Waals surface area (Å²) in [6, 6.07) is 15.6. The Bertz CT molecular complexity index is 1140. The van der Waals surface area contributed by atoms with Crippen LogP contribution in [0.2, 0.25) is 5.02 Å². The summed E-state index contributed by atoms with van der Waals surface area (Å²) in [6.45, 7) is 1.78.